The van der Waals surface area contributed by atoms with E-state index in [0.29, 0.717) is 41.1 Å². The summed E-state index contributed by atoms with van der Waals surface area (Å²) in [5.74, 6) is 1.07. The van der Waals surface area contributed by atoms with Crippen molar-refractivity contribution in [1.82, 2.24) is 5.32 Å². The van der Waals surface area contributed by atoms with Crippen molar-refractivity contribution in [3.8, 4) is 11.5 Å². The Bertz CT molecular complexity index is 786. The number of methoxy groups -OCH3 is 2. The van der Waals surface area contributed by atoms with E-state index in [2.05, 4.69) is 19.2 Å². The minimum atomic E-state index is -3.60. The minimum Gasteiger partial charge on any atom is -0.495 e. The molecule has 0 radical (unpaired) electrons. The van der Waals surface area contributed by atoms with Crippen molar-refractivity contribution in [3.05, 3.63) is 17.2 Å². The monoisotopic (exact) mass is 462 g/mol. The Morgan fingerprint density at radius 2 is 1.83 bits per heavy atom. The first-order chi connectivity index (χ1) is 14.2. The molecule has 0 saturated heterocycles. The zero-order valence-electron chi connectivity index (χ0n) is 18.7. The maximum absolute atomic E-state index is 12.4. The molecule has 0 fully saturated rings. The van der Waals surface area contributed by atoms with Crippen LogP contribution in [0.3, 0.4) is 0 Å². The lowest BCUT2D eigenvalue weighted by Crippen LogP contribution is -2.33. The van der Waals surface area contributed by atoms with Crippen LogP contribution >= 0.6 is 11.6 Å². The number of benzene rings is 1. The number of anilines is 1. The summed E-state index contributed by atoms with van der Waals surface area (Å²) in [5.41, 5.74) is 0.326. The molecule has 0 heterocycles. The first-order valence-corrected chi connectivity index (χ1v) is 12.6. The van der Waals surface area contributed by atoms with Gasteiger partial charge in [-0.1, -0.05) is 44.7 Å². The van der Waals surface area contributed by atoms with E-state index in [-0.39, 0.29) is 18.9 Å². The quantitative estimate of drug-likeness (QED) is 0.447. The van der Waals surface area contributed by atoms with E-state index >= 15 is 0 Å². The summed E-state index contributed by atoms with van der Waals surface area (Å²) in [6.07, 6.45) is 6.16. The van der Waals surface area contributed by atoms with Crippen LogP contribution in [0, 0.1) is 5.92 Å². The molecular formula is C21H35ClN2O5S. The van der Waals surface area contributed by atoms with Gasteiger partial charge in [-0.25, -0.2) is 8.42 Å². The van der Waals surface area contributed by atoms with Crippen LogP contribution in [0.1, 0.15) is 52.4 Å². The topological polar surface area (TPSA) is 84.9 Å². The minimum absolute atomic E-state index is 0.0703. The van der Waals surface area contributed by atoms with Gasteiger partial charge in [0, 0.05) is 31.6 Å². The van der Waals surface area contributed by atoms with Crippen LogP contribution in [0.5, 0.6) is 11.5 Å². The Morgan fingerprint density at radius 3 is 2.37 bits per heavy atom. The molecule has 9 heteroatoms. The van der Waals surface area contributed by atoms with Crippen molar-refractivity contribution in [2.75, 3.05) is 37.9 Å². The van der Waals surface area contributed by atoms with Gasteiger partial charge >= 0.3 is 0 Å². The number of hydrogen-bond acceptors (Lipinski definition) is 5. The molecule has 0 aliphatic heterocycles. The van der Waals surface area contributed by atoms with Gasteiger partial charge in [0.25, 0.3) is 0 Å². The van der Waals surface area contributed by atoms with Crippen molar-refractivity contribution >= 4 is 33.2 Å². The van der Waals surface area contributed by atoms with E-state index in [1.54, 1.807) is 0 Å². The number of ether oxygens (including phenoxy) is 2. The normalized spacial score (nSPS) is 12.3. The molecule has 30 heavy (non-hydrogen) atoms. The van der Waals surface area contributed by atoms with Crippen LogP contribution in [-0.4, -0.2) is 47.9 Å². The fourth-order valence-corrected chi connectivity index (χ4v) is 4.37. The van der Waals surface area contributed by atoms with Crippen molar-refractivity contribution in [2.24, 2.45) is 5.92 Å². The predicted molar refractivity (Wildman–Crippen MR) is 122 cm³/mol. The molecule has 7 nitrogen and oxygen atoms in total. The van der Waals surface area contributed by atoms with Crippen LogP contribution in [0.4, 0.5) is 5.69 Å². The second-order valence-electron chi connectivity index (χ2n) is 7.32. The van der Waals surface area contributed by atoms with Crippen LogP contribution < -0.4 is 19.1 Å². The van der Waals surface area contributed by atoms with Gasteiger partial charge in [0.1, 0.15) is 11.5 Å². The number of sulfonamides is 1. The highest BCUT2D eigenvalue weighted by Crippen LogP contribution is 2.39. The van der Waals surface area contributed by atoms with Crippen molar-refractivity contribution in [1.29, 1.82) is 0 Å². The van der Waals surface area contributed by atoms with Gasteiger partial charge in [-0.2, -0.15) is 0 Å². The van der Waals surface area contributed by atoms with Crippen LogP contribution in [0.2, 0.25) is 5.02 Å². The van der Waals surface area contributed by atoms with E-state index in [9.17, 15) is 13.2 Å². The number of nitrogens with one attached hydrogen (secondary N) is 1. The Labute approximate surface area is 186 Å². The van der Waals surface area contributed by atoms with Gasteiger partial charge in [0.15, 0.2) is 0 Å². The Kier molecular flexibility index (Phi) is 11.3. The molecule has 1 rings (SSSR count). The number of amides is 1. The second-order valence-corrected chi connectivity index (χ2v) is 9.63. The van der Waals surface area contributed by atoms with Crippen LogP contribution in [-0.2, 0) is 14.8 Å². The fraction of sp³-hybridized carbons (Fsp3) is 0.667. The lowest BCUT2D eigenvalue weighted by atomic mass is 9.99. The number of nitrogens with zero attached hydrogens (tertiary/aromatic N) is 1. The molecule has 1 aromatic carbocycles. The largest absolute Gasteiger partial charge is 0.495 e. The van der Waals surface area contributed by atoms with Crippen molar-refractivity contribution in [3.63, 3.8) is 0 Å². The average molecular weight is 463 g/mol. The fourth-order valence-electron chi connectivity index (χ4n) is 3.18. The zero-order valence-corrected chi connectivity index (χ0v) is 20.2. The summed E-state index contributed by atoms with van der Waals surface area (Å²) >= 11 is 6.12. The maximum atomic E-state index is 12.4. The van der Waals surface area contributed by atoms with E-state index < -0.39 is 10.0 Å². The summed E-state index contributed by atoms with van der Waals surface area (Å²) in [5, 5.41) is 3.29. The summed E-state index contributed by atoms with van der Waals surface area (Å²) in [4.78, 5) is 12.2. The summed E-state index contributed by atoms with van der Waals surface area (Å²) in [6.45, 7) is 5.09. The molecule has 1 atom stereocenters. The summed E-state index contributed by atoms with van der Waals surface area (Å²) in [7, 11) is -0.706. The van der Waals surface area contributed by atoms with Gasteiger partial charge in [-0.05, 0) is 18.8 Å². The van der Waals surface area contributed by atoms with E-state index in [1.807, 2.05) is 0 Å². The molecule has 1 N–H and O–H groups in total. The van der Waals surface area contributed by atoms with Crippen molar-refractivity contribution in [2.45, 2.75) is 52.4 Å². The molecule has 0 unspecified atom stereocenters. The Hall–Kier alpha value is -1.67. The molecule has 0 aromatic heterocycles. The third-order valence-corrected chi connectivity index (χ3v) is 6.49. The third-order valence-electron chi connectivity index (χ3n) is 5.02. The lowest BCUT2D eigenvalue weighted by Gasteiger charge is -2.25. The molecule has 0 bridgehead atoms. The summed E-state index contributed by atoms with van der Waals surface area (Å²) < 4.78 is 36.6. The van der Waals surface area contributed by atoms with Gasteiger partial charge in [-0.15, -0.1) is 0 Å². The first kappa shape index (κ1) is 26.4. The predicted octanol–water partition coefficient (Wildman–Crippen LogP) is 4.24. The summed E-state index contributed by atoms with van der Waals surface area (Å²) in [6, 6.07) is 3.05. The number of carbonyl (C=O) groups is 1. The third kappa shape index (κ3) is 8.22. The lowest BCUT2D eigenvalue weighted by molar-refractivity contribution is -0.121. The van der Waals surface area contributed by atoms with Gasteiger partial charge in [-0.3, -0.25) is 9.10 Å². The highest BCUT2D eigenvalue weighted by molar-refractivity contribution is 7.92. The van der Waals surface area contributed by atoms with E-state index in [4.69, 9.17) is 21.1 Å². The number of hydrogen-bond donors (Lipinski definition) is 1. The van der Waals surface area contributed by atoms with E-state index in [1.165, 1.54) is 30.7 Å². The number of unbranched alkanes of at least 4 members (excludes halogenated alkanes) is 1. The van der Waals surface area contributed by atoms with Gasteiger partial charge in [0.2, 0.25) is 15.9 Å². The van der Waals surface area contributed by atoms with E-state index in [0.717, 1.165) is 31.9 Å². The standard InChI is InChI=1S/C21H35ClN2O5S/c1-6-8-10-16(7-2)15-23-21(25)11-9-12-24(30(5,26)27)18-14-19(28-3)17(22)13-20(18)29-4/h13-14,16H,6-12,15H2,1-5H3,(H,23,25)/t16-/m0/s1. The molecule has 0 saturated carbocycles. The van der Waals surface area contributed by atoms with Crippen molar-refractivity contribution < 1.29 is 22.7 Å². The zero-order chi connectivity index (χ0) is 22.7. The Morgan fingerprint density at radius 1 is 1.17 bits per heavy atom. The smallest absolute Gasteiger partial charge is 0.232 e. The SMILES string of the molecule is CCCC[C@H](CC)CNC(=O)CCCN(c1cc(OC)c(Cl)cc1OC)S(C)(=O)=O. The molecular weight excluding hydrogens is 428 g/mol. The number of rotatable bonds is 14. The second kappa shape index (κ2) is 12.9. The first-order valence-electron chi connectivity index (χ1n) is 10.3. The molecule has 1 aromatic rings. The molecule has 0 spiro atoms. The van der Waals surface area contributed by atoms with Crippen LogP contribution in [0.25, 0.3) is 0 Å². The van der Waals surface area contributed by atoms with Crippen LogP contribution in [0.15, 0.2) is 12.1 Å². The Balaban J connectivity index is 2.79. The van der Waals surface area contributed by atoms with Gasteiger partial charge in [0.05, 0.1) is 31.2 Å². The maximum Gasteiger partial charge on any atom is 0.232 e. The average Bonchev–Trinajstić information content (AvgIpc) is 2.70. The highest BCUT2D eigenvalue weighted by Gasteiger charge is 2.23. The van der Waals surface area contributed by atoms with Gasteiger partial charge < -0.3 is 14.8 Å². The molecule has 0 aliphatic rings. The molecule has 172 valence electrons. The molecule has 1 amide bonds. The molecule has 0 aliphatic carbocycles. The highest BCUT2D eigenvalue weighted by atomic mass is 35.5. The number of carbonyl (C=O) groups excluding carboxylic acids is 1. The number of halogens is 1.